The van der Waals surface area contributed by atoms with Gasteiger partial charge in [-0.1, -0.05) is 12.1 Å². The Hall–Kier alpha value is -1.55. The summed E-state index contributed by atoms with van der Waals surface area (Å²) in [5.41, 5.74) is 7.35. The van der Waals surface area contributed by atoms with Crippen LogP contribution < -0.4 is 11.1 Å². The van der Waals surface area contributed by atoms with E-state index < -0.39 is 0 Å². The summed E-state index contributed by atoms with van der Waals surface area (Å²) in [6.07, 6.45) is 1.54. The van der Waals surface area contributed by atoms with Crippen molar-refractivity contribution in [3.8, 4) is 0 Å². The summed E-state index contributed by atoms with van der Waals surface area (Å²) in [7, 11) is 0. The highest BCUT2D eigenvalue weighted by molar-refractivity contribution is 5.80. The van der Waals surface area contributed by atoms with Gasteiger partial charge in [0.25, 0.3) is 0 Å². The monoisotopic (exact) mass is 220 g/mol. The Balaban J connectivity index is 1.82. The number of hydrogen-bond acceptors (Lipinski definition) is 3. The average molecular weight is 220 g/mol. The number of nitrogens with one attached hydrogen (secondary N) is 1. The molecule has 0 spiro atoms. The van der Waals surface area contributed by atoms with E-state index in [1.54, 1.807) is 0 Å². The van der Waals surface area contributed by atoms with E-state index in [4.69, 9.17) is 10.5 Å². The number of rotatable bonds is 3. The Morgan fingerprint density at radius 2 is 2.19 bits per heavy atom. The largest absolute Gasteiger partial charge is 0.399 e. The molecule has 1 amide bonds. The Morgan fingerprint density at radius 3 is 2.81 bits per heavy atom. The van der Waals surface area contributed by atoms with Crippen LogP contribution in [0.4, 0.5) is 5.69 Å². The maximum absolute atomic E-state index is 11.6. The molecular formula is C12H16N2O2. The van der Waals surface area contributed by atoms with Gasteiger partial charge < -0.3 is 15.8 Å². The minimum absolute atomic E-state index is 0.0191. The standard InChI is InChI=1S/C12H16N2O2/c13-10-5-3-9(4-6-10)8-14-12(15)11-2-1-7-16-11/h3-6,11H,1-2,7-8,13H2,(H,14,15)/t11-/m0/s1. The van der Waals surface area contributed by atoms with Crippen molar-refractivity contribution in [1.82, 2.24) is 5.32 Å². The Kier molecular flexibility index (Phi) is 3.41. The zero-order valence-corrected chi connectivity index (χ0v) is 9.11. The molecule has 1 saturated heterocycles. The molecule has 1 aliphatic heterocycles. The molecule has 86 valence electrons. The zero-order chi connectivity index (χ0) is 11.4. The predicted octanol–water partition coefficient (Wildman–Crippen LogP) is 1.06. The number of hydrogen-bond donors (Lipinski definition) is 2. The number of carbonyl (C=O) groups excluding carboxylic acids is 1. The first-order valence-electron chi connectivity index (χ1n) is 5.49. The Bertz CT molecular complexity index is 356. The first kappa shape index (κ1) is 11.0. The minimum Gasteiger partial charge on any atom is -0.399 e. The molecule has 16 heavy (non-hydrogen) atoms. The summed E-state index contributed by atoms with van der Waals surface area (Å²) in [4.78, 5) is 11.6. The molecule has 0 aliphatic carbocycles. The quantitative estimate of drug-likeness (QED) is 0.749. The molecule has 0 bridgehead atoms. The van der Waals surface area contributed by atoms with Crippen LogP contribution >= 0.6 is 0 Å². The van der Waals surface area contributed by atoms with Crippen molar-refractivity contribution < 1.29 is 9.53 Å². The molecule has 0 radical (unpaired) electrons. The normalized spacial score (nSPS) is 19.6. The first-order valence-corrected chi connectivity index (χ1v) is 5.49. The highest BCUT2D eigenvalue weighted by Gasteiger charge is 2.22. The van der Waals surface area contributed by atoms with Gasteiger partial charge in [-0.25, -0.2) is 0 Å². The van der Waals surface area contributed by atoms with Crippen molar-refractivity contribution in [1.29, 1.82) is 0 Å². The fourth-order valence-corrected chi connectivity index (χ4v) is 1.72. The second-order valence-corrected chi connectivity index (χ2v) is 3.96. The predicted molar refractivity (Wildman–Crippen MR) is 61.7 cm³/mol. The second kappa shape index (κ2) is 4.99. The zero-order valence-electron chi connectivity index (χ0n) is 9.11. The van der Waals surface area contributed by atoms with Crippen molar-refractivity contribution in [3.63, 3.8) is 0 Å². The molecule has 1 aliphatic rings. The van der Waals surface area contributed by atoms with Crippen LogP contribution in [0.1, 0.15) is 18.4 Å². The summed E-state index contributed by atoms with van der Waals surface area (Å²) < 4.78 is 5.29. The van der Waals surface area contributed by atoms with Crippen LogP contribution in [0.2, 0.25) is 0 Å². The lowest BCUT2D eigenvalue weighted by Gasteiger charge is -2.10. The minimum atomic E-state index is -0.256. The summed E-state index contributed by atoms with van der Waals surface area (Å²) in [5, 5.41) is 2.86. The maximum atomic E-state index is 11.6. The Labute approximate surface area is 94.8 Å². The molecule has 1 aromatic carbocycles. The maximum Gasteiger partial charge on any atom is 0.249 e. The summed E-state index contributed by atoms with van der Waals surface area (Å²) in [6.45, 7) is 1.22. The van der Waals surface area contributed by atoms with Gasteiger partial charge >= 0.3 is 0 Å². The third-order valence-electron chi connectivity index (χ3n) is 2.67. The van der Waals surface area contributed by atoms with Crippen LogP contribution in [0, 0.1) is 0 Å². The third-order valence-corrected chi connectivity index (χ3v) is 2.67. The fraction of sp³-hybridized carbons (Fsp3) is 0.417. The van der Waals surface area contributed by atoms with Gasteiger partial charge in [0.05, 0.1) is 0 Å². The lowest BCUT2D eigenvalue weighted by molar-refractivity contribution is -0.130. The first-order chi connectivity index (χ1) is 7.75. The number of benzene rings is 1. The number of nitrogens with two attached hydrogens (primary N) is 1. The molecule has 1 aromatic rings. The number of anilines is 1. The van der Waals surface area contributed by atoms with E-state index in [0.29, 0.717) is 13.2 Å². The Morgan fingerprint density at radius 1 is 1.44 bits per heavy atom. The van der Waals surface area contributed by atoms with Crippen molar-refractivity contribution in [2.45, 2.75) is 25.5 Å². The van der Waals surface area contributed by atoms with Crippen LogP contribution in [0.5, 0.6) is 0 Å². The second-order valence-electron chi connectivity index (χ2n) is 3.96. The van der Waals surface area contributed by atoms with Crippen molar-refractivity contribution in [2.24, 2.45) is 0 Å². The number of ether oxygens (including phenoxy) is 1. The molecule has 0 saturated carbocycles. The molecule has 1 heterocycles. The molecule has 4 nitrogen and oxygen atoms in total. The summed E-state index contributed by atoms with van der Waals surface area (Å²) >= 11 is 0. The molecule has 0 unspecified atom stereocenters. The van der Waals surface area contributed by atoms with Crippen LogP contribution in [-0.4, -0.2) is 18.6 Å². The van der Waals surface area contributed by atoms with Gasteiger partial charge in [-0.15, -0.1) is 0 Å². The van der Waals surface area contributed by atoms with Gasteiger partial charge in [-0.05, 0) is 30.5 Å². The number of nitrogen functional groups attached to an aromatic ring is 1. The molecule has 1 fully saturated rings. The molecular weight excluding hydrogens is 204 g/mol. The summed E-state index contributed by atoms with van der Waals surface area (Å²) in [6, 6.07) is 7.47. The molecule has 3 N–H and O–H groups in total. The highest BCUT2D eigenvalue weighted by atomic mass is 16.5. The van der Waals surface area contributed by atoms with Gasteiger partial charge in [0.2, 0.25) is 5.91 Å². The topological polar surface area (TPSA) is 64.3 Å². The third kappa shape index (κ3) is 2.73. The smallest absolute Gasteiger partial charge is 0.249 e. The molecule has 4 heteroatoms. The van der Waals surface area contributed by atoms with Gasteiger partial charge in [0, 0.05) is 18.8 Å². The van der Waals surface area contributed by atoms with Gasteiger partial charge in [-0.3, -0.25) is 4.79 Å². The van der Waals surface area contributed by atoms with E-state index in [9.17, 15) is 4.79 Å². The van der Waals surface area contributed by atoms with Crippen molar-refractivity contribution in [3.05, 3.63) is 29.8 Å². The van der Waals surface area contributed by atoms with E-state index in [1.165, 1.54) is 0 Å². The van der Waals surface area contributed by atoms with E-state index >= 15 is 0 Å². The number of carbonyl (C=O) groups is 1. The molecule has 1 atom stereocenters. The molecule has 0 aromatic heterocycles. The van der Waals surface area contributed by atoms with E-state index in [-0.39, 0.29) is 12.0 Å². The van der Waals surface area contributed by atoms with Crippen LogP contribution in [0.3, 0.4) is 0 Å². The van der Waals surface area contributed by atoms with E-state index in [2.05, 4.69) is 5.32 Å². The number of amides is 1. The average Bonchev–Trinajstić information content (AvgIpc) is 2.81. The highest BCUT2D eigenvalue weighted by Crippen LogP contribution is 2.12. The van der Waals surface area contributed by atoms with Crippen LogP contribution in [0.15, 0.2) is 24.3 Å². The van der Waals surface area contributed by atoms with Gasteiger partial charge in [0.15, 0.2) is 0 Å². The summed E-state index contributed by atoms with van der Waals surface area (Å²) in [5.74, 6) is -0.0191. The lowest BCUT2D eigenvalue weighted by atomic mass is 10.2. The van der Waals surface area contributed by atoms with Crippen molar-refractivity contribution in [2.75, 3.05) is 12.3 Å². The molecule has 2 rings (SSSR count). The van der Waals surface area contributed by atoms with Crippen LogP contribution in [0.25, 0.3) is 0 Å². The van der Waals surface area contributed by atoms with Crippen molar-refractivity contribution >= 4 is 11.6 Å². The van der Waals surface area contributed by atoms with Gasteiger partial charge in [-0.2, -0.15) is 0 Å². The van der Waals surface area contributed by atoms with E-state index in [1.807, 2.05) is 24.3 Å². The van der Waals surface area contributed by atoms with E-state index in [0.717, 1.165) is 24.1 Å². The fourth-order valence-electron chi connectivity index (χ4n) is 1.72. The van der Waals surface area contributed by atoms with Crippen LogP contribution in [-0.2, 0) is 16.1 Å². The lowest BCUT2D eigenvalue weighted by Crippen LogP contribution is -2.33. The van der Waals surface area contributed by atoms with Gasteiger partial charge in [0.1, 0.15) is 6.10 Å². The SMILES string of the molecule is Nc1ccc(CNC(=O)[C@@H]2CCCO2)cc1.